The van der Waals surface area contributed by atoms with Crippen molar-refractivity contribution in [2.45, 2.75) is 24.4 Å². The summed E-state index contributed by atoms with van der Waals surface area (Å²) in [6, 6.07) is 20.3. The Morgan fingerprint density at radius 1 is 1.00 bits per heavy atom. The van der Waals surface area contributed by atoms with E-state index in [0.717, 1.165) is 10.0 Å². The van der Waals surface area contributed by atoms with Crippen LogP contribution < -0.4 is 8.93 Å². The number of amides is 1. The number of nitrogens with one attached hydrogen (secondary N) is 1. The summed E-state index contributed by atoms with van der Waals surface area (Å²) in [6.45, 7) is 4.35. The van der Waals surface area contributed by atoms with E-state index in [0.29, 0.717) is 5.92 Å². The molecule has 110 valence electrons. The van der Waals surface area contributed by atoms with Crippen LogP contribution in [0.4, 0.5) is 0 Å². The second-order valence-corrected chi connectivity index (χ2v) is 8.43. The van der Waals surface area contributed by atoms with Crippen LogP contribution in [-0.4, -0.2) is 32.9 Å². The number of rotatable bonds is 6. The fourth-order valence-electron chi connectivity index (χ4n) is 1.94. The van der Waals surface area contributed by atoms with E-state index in [1.54, 1.807) is 0 Å². The molecule has 0 aromatic heterocycles. The maximum absolute atomic E-state index is 12.3. The van der Waals surface area contributed by atoms with Crippen molar-refractivity contribution in [2.24, 2.45) is 5.92 Å². The van der Waals surface area contributed by atoms with Crippen LogP contribution >= 0.6 is 0 Å². The molecule has 2 rings (SSSR count). The summed E-state index contributed by atoms with van der Waals surface area (Å²) in [5.41, 5.74) is 0.739. The fourth-order valence-corrected chi connectivity index (χ4v) is 5.34. The van der Waals surface area contributed by atoms with Gasteiger partial charge in [0, 0.05) is 0 Å². The molecule has 1 N–H and O–H groups in total. The third-order valence-electron chi connectivity index (χ3n) is 3.33. The first-order valence-corrected chi connectivity index (χ1v) is 10.0. The number of carbonyl (C=O) groups is 1. The molecule has 0 aliphatic carbocycles. The molecule has 0 saturated heterocycles. The Balaban J connectivity index is 1.95. The number of hydrogen-bond donors (Lipinski definition) is 1. The van der Waals surface area contributed by atoms with Crippen molar-refractivity contribution in [3.63, 3.8) is 0 Å². The minimum absolute atomic E-state index is 0.0369. The van der Waals surface area contributed by atoms with Crippen molar-refractivity contribution in [3.05, 3.63) is 66.2 Å². The Morgan fingerprint density at radius 2 is 1.57 bits per heavy atom. The fraction of sp³-hybridized carbons (Fsp3) is 0.278. The Morgan fingerprint density at radius 3 is 2.14 bits per heavy atom. The molecule has 2 nitrogen and oxygen atoms in total. The van der Waals surface area contributed by atoms with Gasteiger partial charge in [0.2, 0.25) is 0 Å². The molecule has 0 aliphatic rings. The maximum atomic E-state index is 12.3. The van der Waals surface area contributed by atoms with Crippen molar-refractivity contribution in [1.82, 2.24) is 5.32 Å². The second kappa shape index (κ2) is 8.22. The molecule has 0 heterocycles. The van der Waals surface area contributed by atoms with Gasteiger partial charge < -0.3 is 0 Å². The van der Waals surface area contributed by atoms with Gasteiger partial charge in [0.05, 0.1) is 0 Å². The first-order chi connectivity index (χ1) is 10.2. The summed E-state index contributed by atoms with van der Waals surface area (Å²) >= 11 is -0.254. The van der Waals surface area contributed by atoms with Crippen LogP contribution in [0.25, 0.3) is 0 Å². The molecule has 0 bridgehead atoms. The van der Waals surface area contributed by atoms with Crippen LogP contribution in [0.5, 0.6) is 0 Å². The van der Waals surface area contributed by atoms with Crippen molar-refractivity contribution >= 4 is 30.4 Å². The van der Waals surface area contributed by atoms with Crippen LogP contribution in [0.2, 0.25) is 4.47 Å². The Labute approximate surface area is 137 Å². The first-order valence-electron chi connectivity index (χ1n) is 7.20. The van der Waals surface area contributed by atoms with E-state index in [2.05, 4.69) is 43.4 Å². The van der Waals surface area contributed by atoms with Gasteiger partial charge in [-0.1, -0.05) is 0 Å². The van der Waals surface area contributed by atoms with Crippen LogP contribution in [0, 0.1) is 5.92 Å². The third kappa shape index (κ3) is 5.19. The van der Waals surface area contributed by atoms with E-state index < -0.39 is 0 Å². The van der Waals surface area contributed by atoms with Crippen LogP contribution in [0.1, 0.15) is 24.2 Å². The first kappa shape index (κ1) is 16.1. The standard InChI is InChI=1S/C18H21NOTe/c1-14(2)17(13-21-16-11-7-4-8-12-16)19-18(20)15-9-5-3-6-10-15/h3-12,14,17H,13H2,1-2H3,(H,19,20)/t17-/m1/s1. The summed E-state index contributed by atoms with van der Waals surface area (Å²) in [5, 5.41) is 3.20. The monoisotopic (exact) mass is 397 g/mol. The Kier molecular flexibility index (Phi) is 6.29. The Bertz CT molecular complexity index is 554. The van der Waals surface area contributed by atoms with Crippen molar-refractivity contribution in [1.29, 1.82) is 0 Å². The molecule has 21 heavy (non-hydrogen) atoms. The van der Waals surface area contributed by atoms with Gasteiger partial charge in [0.25, 0.3) is 0 Å². The molecule has 0 aliphatic heterocycles. The van der Waals surface area contributed by atoms with Crippen molar-refractivity contribution in [3.8, 4) is 0 Å². The van der Waals surface area contributed by atoms with E-state index in [1.165, 1.54) is 3.61 Å². The van der Waals surface area contributed by atoms with Crippen LogP contribution in [0.3, 0.4) is 0 Å². The molecular formula is C18H21NOTe. The van der Waals surface area contributed by atoms with Gasteiger partial charge in [-0.3, -0.25) is 0 Å². The molecule has 0 radical (unpaired) electrons. The van der Waals surface area contributed by atoms with Gasteiger partial charge in [-0.15, -0.1) is 0 Å². The van der Waals surface area contributed by atoms with Crippen LogP contribution in [-0.2, 0) is 0 Å². The van der Waals surface area contributed by atoms with E-state index in [-0.39, 0.29) is 32.9 Å². The molecule has 0 fully saturated rings. The predicted octanol–water partition coefficient (Wildman–Crippen LogP) is 2.89. The summed E-state index contributed by atoms with van der Waals surface area (Å²) in [7, 11) is 0. The van der Waals surface area contributed by atoms with E-state index in [9.17, 15) is 4.79 Å². The molecule has 0 spiro atoms. The SMILES string of the molecule is CC(C)[C@@H](C[Te]c1ccccc1)NC(=O)c1ccccc1. The van der Waals surface area contributed by atoms with Crippen molar-refractivity contribution < 1.29 is 4.79 Å². The summed E-state index contributed by atoms with van der Waals surface area (Å²) in [4.78, 5) is 12.3. The second-order valence-electron chi connectivity index (χ2n) is 5.31. The van der Waals surface area contributed by atoms with Gasteiger partial charge >= 0.3 is 137 Å². The van der Waals surface area contributed by atoms with Gasteiger partial charge in [0.15, 0.2) is 0 Å². The Hall–Kier alpha value is -1.30. The molecule has 0 saturated carbocycles. The number of carbonyl (C=O) groups excluding carboxylic acids is 1. The zero-order chi connectivity index (χ0) is 15.1. The predicted molar refractivity (Wildman–Crippen MR) is 89.2 cm³/mol. The molecule has 3 heteroatoms. The zero-order valence-electron chi connectivity index (χ0n) is 12.5. The minimum atomic E-state index is -0.254. The molecule has 1 amide bonds. The number of hydrogen-bond acceptors (Lipinski definition) is 1. The summed E-state index contributed by atoms with van der Waals surface area (Å²) in [6.07, 6.45) is 0. The van der Waals surface area contributed by atoms with Crippen LogP contribution in [0.15, 0.2) is 60.7 Å². The molecule has 1 atom stereocenters. The normalized spacial score (nSPS) is 12.1. The van der Waals surface area contributed by atoms with Crippen molar-refractivity contribution in [2.75, 3.05) is 0 Å². The van der Waals surface area contributed by atoms with E-state index >= 15 is 0 Å². The van der Waals surface area contributed by atoms with Gasteiger partial charge in [-0.2, -0.15) is 0 Å². The van der Waals surface area contributed by atoms with Gasteiger partial charge in [0.1, 0.15) is 0 Å². The summed E-state index contributed by atoms with van der Waals surface area (Å²) < 4.78 is 2.54. The molecule has 0 unspecified atom stereocenters. The third-order valence-corrected chi connectivity index (χ3v) is 6.56. The number of benzene rings is 2. The van der Waals surface area contributed by atoms with E-state index in [4.69, 9.17) is 0 Å². The summed E-state index contributed by atoms with van der Waals surface area (Å²) in [5.74, 6) is 0.487. The quantitative estimate of drug-likeness (QED) is 0.750. The van der Waals surface area contributed by atoms with Gasteiger partial charge in [-0.25, -0.2) is 0 Å². The molecule has 2 aromatic carbocycles. The molecule has 2 aromatic rings. The van der Waals surface area contributed by atoms with Gasteiger partial charge in [-0.05, 0) is 0 Å². The van der Waals surface area contributed by atoms with E-state index in [1.807, 2.05) is 36.4 Å². The average Bonchev–Trinajstić information content (AvgIpc) is 2.52. The average molecular weight is 395 g/mol. The zero-order valence-corrected chi connectivity index (χ0v) is 14.8. The molecular weight excluding hydrogens is 374 g/mol. The topological polar surface area (TPSA) is 29.1 Å².